The molecular weight excluding hydrogens is 1150 g/mol. The zero-order chi connectivity index (χ0) is 62.4. The molecule has 18 nitrogen and oxygen atoms in total. The molecule has 0 aliphatic rings. The number of hydrogen-bond donors (Lipinski definition) is 5. The van der Waals surface area contributed by atoms with Crippen LogP contribution in [0.2, 0.25) is 5.02 Å². The van der Waals surface area contributed by atoms with Gasteiger partial charge in [-0.15, -0.1) is 0 Å². The van der Waals surface area contributed by atoms with Crippen molar-refractivity contribution in [1.82, 2.24) is 6.15 Å². The van der Waals surface area contributed by atoms with Crippen molar-refractivity contribution in [2.45, 2.75) is 18.5 Å². The van der Waals surface area contributed by atoms with Crippen LogP contribution in [0.4, 0.5) is 50.9 Å². The van der Waals surface area contributed by atoms with Crippen molar-refractivity contribution in [3.05, 3.63) is 268 Å². The maximum atomic E-state index is 12.4. The Labute approximate surface area is 474 Å². The quantitative estimate of drug-likeness (QED) is 0.0449. The fraction of sp³-hybridized carbons (Fsp3) is 0.132. The number of alkyl halides is 9. The summed E-state index contributed by atoms with van der Waals surface area (Å²) in [5, 5.41) is 31.4. The Bertz CT molecular complexity index is 2770. The molecule has 0 spiro atoms. The maximum Gasteiger partial charge on any atom is 0.416 e. The van der Waals surface area contributed by atoms with Gasteiger partial charge in [-0.25, -0.2) is 0 Å². The van der Waals surface area contributed by atoms with Gasteiger partial charge in [0.25, 0.3) is 17.1 Å². The molecule has 444 valence electrons. The van der Waals surface area contributed by atoms with Gasteiger partial charge in [0.05, 0.1) is 16.7 Å². The first-order valence-electron chi connectivity index (χ1n) is 22.1. The van der Waals surface area contributed by atoms with Gasteiger partial charge in [-0.1, -0.05) is 96.5 Å². The molecular formula is C53H55Cl2F9N8O10. The third kappa shape index (κ3) is 38.3. The number of benzene rings is 7. The van der Waals surface area contributed by atoms with E-state index in [9.17, 15) is 58.7 Å². The van der Waals surface area contributed by atoms with Crippen LogP contribution in [-0.4, -0.2) is 65.9 Å². The highest BCUT2D eigenvalue weighted by atomic mass is 35.5. The number of nitrogens with zero attached hydrogens (tertiary/aromatic N) is 3. The van der Waals surface area contributed by atoms with Gasteiger partial charge < -0.3 is 28.3 Å². The van der Waals surface area contributed by atoms with E-state index in [0.717, 1.165) is 57.5 Å². The summed E-state index contributed by atoms with van der Waals surface area (Å²) in [5.74, 6) is -1.10. The standard InChI is InChI=1S/2C14H10F3NO.C7H4ClF3.C7H5ClO.C7H7NO.3CH3NO2.CH5N.H3N.H2/c2*15-14(16,17)11-6-8-12(9-7-11)18-13(19)10-4-2-1-3-5-10;8-6-3-1-5(2-4-6)7(9,10)11;2*8-7(9)6-4-2-1-3-5-6;3*1-2(3)4;1-2;;/h2*1-9H,(H,18,19);1-4H;1-5H;1-5H,(H2,8,9);3*1H3;2H2,1H3;1H3;1H. The van der Waals surface area contributed by atoms with Gasteiger partial charge >= 0.3 is 18.5 Å². The Balaban J connectivity index is -0.000000453. The molecule has 82 heavy (non-hydrogen) atoms. The lowest BCUT2D eigenvalue weighted by Gasteiger charge is -2.08. The van der Waals surface area contributed by atoms with Crippen molar-refractivity contribution >= 4 is 57.5 Å². The highest BCUT2D eigenvalue weighted by Gasteiger charge is 2.31. The molecule has 0 bridgehead atoms. The van der Waals surface area contributed by atoms with Gasteiger partial charge in [0.2, 0.25) is 5.91 Å². The van der Waals surface area contributed by atoms with Gasteiger partial charge in [-0.05, 0) is 128 Å². The molecule has 0 aromatic heterocycles. The fourth-order valence-electron chi connectivity index (χ4n) is 4.88. The van der Waals surface area contributed by atoms with Gasteiger partial charge in [0.15, 0.2) is 21.1 Å². The lowest BCUT2D eigenvalue weighted by molar-refractivity contribution is -0.445. The van der Waals surface area contributed by atoms with Crippen LogP contribution in [0.5, 0.6) is 0 Å². The number of nitro groups is 3. The molecule has 0 aliphatic carbocycles. The predicted octanol–water partition coefficient (Wildman–Crippen LogP) is 13.8. The van der Waals surface area contributed by atoms with Gasteiger partial charge in [0.1, 0.15) is 0 Å². The number of rotatable bonds is 6. The number of carbonyl (C=O) groups is 4. The minimum absolute atomic E-state index is 0. The minimum Gasteiger partial charge on any atom is -0.366 e. The predicted molar refractivity (Wildman–Crippen MR) is 296 cm³/mol. The first-order valence-corrected chi connectivity index (χ1v) is 22.8. The van der Waals surface area contributed by atoms with E-state index in [1.807, 2.05) is 12.1 Å². The Morgan fingerprint density at radius 1 is 0.427 bits per heavy atom. The molecule has 0 aliphatic heterocycles. The number of nitrogens with two attached hydrogens (primary N) is 2. The Morgan fingerprint density at radius 2 is 0.634 bits per heavy atom. The monoisotopic (exact) mass is 1200 g/mol. The van der Waals surface area contributed by atoms with E-state index in [2.05, 4.69) is 16.4 Å². The molecule has 29 heteroatoms. The zero-order valence-corrected chi connectivity index (χ0v) is 44.9. The summed E-state index contributed by atoms with van der Waals surface area (Å²) >= 11 is 10.6. The average molecular weight is 1210 g/mol. The SMILES string of the molecule is CN.C[N+](=O)[O-].C[N+](=O)[O-].C[N+](=O)[O-].FC(F)(F)c1ccc(Cl)cc1.N.NC(=O)c1ccccc1.O=C(Cl)c1ccccc1.O=C(Nc1ccc(C(F)(F)F)cc1)c1ccccc1.O=C(Nc1ccc(C(F)(F)F)cc1)c1ccccc1.[HH]. The number of amides is 3. The van der Waals surface area contributed by atoms with Crippen molar-refractivity contribution in [2.24, 2.45) is 11.5 Å². The summed E-state index contributed by atoms with van der Waals surface area (Å²) < 4.78 is 110. The molecule has 0 fully saturated rings. The van der Waals surface area contributed by atoms with Crippen LogP contribution in [0.15, 0.2) is 194 Å². The molecule has 0 unspecified atom stereocenters. The molecule has 7 aromatic carbocycles. The summed E-state index contributed by atoms with van der Waals surface area (Å²) in [5.41, 5.74) is 9.94. The largest absolute Gasteiger partial charge is 0.416 e. The van der Waals surface area contributed by atoms with Crippen molar-refractivity contribution in [3.63, 3.8) is 0 Å². The van der Waals surface area contributed by atoms with Crippen molar-refractivity contribution in [2.75, 3.05) is 38.8 Å². The van der Waals surface area contributed by atoms with E-state index in [1.165, 1.54) is 43.4 Å². The van der Waals surface area contributed by atoms with E-state index < -0.39 is 55.2 Å². The average Bonchev–Trinajstić information content (AvgIpc) is 3.40. The van der Waals surface area contributed by atoms with Crippen LogP contribution in [-0.2, 0) is 18.5 Å². The summed E-state index contributed by atoms with van der Waals surface area (Å²) in [4.78, 5) is 69.3. The fourth-order valence-corrected chi connectivity index (χ4v) is 5.13. The Hall–Kier alpha value is -9.31. The third-order valence-electron chi connectivity index (χ3n) is 8.24. The number of halogens is 11. The van der Waals surface area contributed by atoms with Crippen LogP contribution < -0.4 is 28.3 Å². The number of nitrogens with one attached hydrogen (secondary N) is 2. The van der Waals surface area contributed by atoms with E-state index in [-0.39, 0.29) is 25.3 Å². The highest BCUT2D eigenvalue weighted by Crippen LogP contribution is 2.32. The van der Waals surface area contributed by atoms with E-state index in [1.54, 1.807) is 109 Å². The van der Waals surface area contributed by atoms with Crippen LogP contribution in [0, 0.1) is 30.3 Å². The minimum atomic E-state index is -4.37. The van der Waals surface area contributed by atoms with Gasteiger partial charge in [-0.2, -0.15) is 39.5 Å². The van der Waals surface area contributed by atoms with E-state index in [4.69, 9.17) is 59.3 Å². The smallest absolute Gasteiger partial charge is 0.366 e. The van der Waals surface area contributed by atoms with Crippen molar-refractivity contribution in [1.29, 1.82) is 0 Å². The molecule has 7 rings (SSSR count). The molecule has 0 radical (unpaired) electrons. The Kier molecular flexibility index (Phi) is 38.3. The third-order valence-corrected chi connectivity index (χ3v) is 8.71. The number of primary amides is 1. The molecule has 0 saturated carbocycles. The first-order chi connectivity index (χ1) is 37.7. The zero-order valence-electron chi connectivity index (χ0n) is 43.4. The normalized spacial score (nSPS) is 9.66. The highest BCUT2D eigenvalue weighted by molar-refractivity contribution is 6.67. The second-order valence-corrected chi connectivity index (χ2v) is 15.3. The number of carbonyl (C=O) groups excluding carboxylic acids is 4. The van der Waals surface area contributed by atoms with Crippen LogP contribution >= 0.6 is 23.2 Å². The van der Waals surface area contributed by atoms with Gasteiger partial charge in [-0.3, -0.25) is 49.5 Å². The van der Waals surface area contributed by atoms with Gasteiger partial charge in [0, 0.05) is 54.8 Å². The number of anilines is 2. The van der Waals surface area contributed by atoms with Crippen molar-refractivity contribution < 1.29 is 74.9 Å². The summed E-state index contributed by atoms with van der Waals surface area (Å²) in [6, 6.07) is 47.3. The van der Waals surface area contributed by atoms with E-state index >= 15 is 0 Å². The second-order valence-electron chi connectivity index (χ2n) is 14.5. The topological polar surface area (TPSA) is 309 Å². The van der Waals surface area contributed by atoms with E-state index in [0.29, 0.717) is 38.7 Å². The molecule has 0 atom stereocenters. The number of hydrogen-bond acceptors (Lipinski definition) is 12. The summed E-state index contributed by atoms with van der Waals surface area (Å²) in [7, 11) is 4.17. The molecule has 3 amide bonds. The summed E-state index contributed by atoms with van der Waals surface area (Å²) in [6.45, 7) is 0. The molecule has 0 saturated heterocycles. The van der Waals surface area contributed by atoms with Crippen LogP contribution in [0.3, 0.4) is 0 Å². The van der Waals surface area contributed by atoms with Crippen molar-refractivity contribution in [3.8, 4) is 0 Å². The second kappa shape index (κ2) is 40.8. The molecule has 9 N–H and O–H groups in total. The summed E-state index contributed by atoms with van der Waals surface area (Å²) in [6.07, 6.45) is -13.0. The van der Waals surface area contributed by atoms with Crippen LogP contribution in [0.1, 0.15) is 59.5 Å². The molecule has 0 heterocycles. The lowest BCUT2D eigenvalue weighted by atomic mass is 10.2. The Morgan fingerprint density at radius 3 is 0.817 bits per heavy atom. The first kappa shape index (κ1) is 76.9. The lowest BCUT2D eigenvalue weighted by Crippen LogP contribution is -2.12. The maximum absolute atomic E-state index is 12.4. The molecule has 7 aromatic rings. The van der Waals surface area contributed by atoms with Crippen LogP contribution in [0.25, 0.3) is 0 Å².